The van der Waals surface area contributed by atoms with Crippen molar-refractivity contribution in [2.45, 2.75) is 34.1 Å². The predicted molar refractivity (Wildman–Crippen MR) is 75.7 cm³/mol. The van der Waals surface area contributed by atoms with Gasteiger partial charge in [0.1, 0.15) is 0 Å². The SMILES string of the molecule is CC(C)CCNC(=O)N1CCN(CC(C)C)CC1. The summed E-state index contributed by atoms with van der Waals surface area (Å²) in [6, 6.07) is 0.111. The second kappa shape index (κ2) is 7.62. The van der Waals surface area contributed by atoms with Gasteiger partial charge in [-0.05, 0) is 18.3 Å². The molecule has 1 N–H and O–H groups in total. The Kier molecular flexibility index (Phi) is 6.47. The Morgan fingerprint density at radius 2 is 1.67 bits per heavy atom. The van der Waals surface area contributed by atoms with Gasteiger partial charge in [0.2, 0.25) is 0 Å². The number of hydrogen-bond acceptors (Lipinski definition) is 2. The molecule has 1 aliphatic rings. The molecule has 0 aromatic carbocycles. The molecule has 0 bridgehead atoms. The van der Waals surface area contributed by atoms with Crippen molar-refractivity contribution in [1.29, 1.82) is 0 Å². The van der Waals surface area contributed by atoms with E-state index < -0.39 is 0 Å². The maximum atomic E-state index is 11.9. The van der Waals surface area contributed by atoms with Crippen LogP contribution in [0, 0.1) is 11.8 Å². The lowest BCUT2D eigenvalue weighted by Crippen LogP contribution is -2.52. The quantitative estimate of drug-likeness (QED) is 0.816. The van der Waals surface area contributed by atoms with E-state index in [0.29, 0.717) is 11.8 Å². The minimum absolute atomic E-state index is 0.111. The van der Waals surface area contributed by atoms with Crippen LogP contribution in [0.25, 0.3) is 0 Å². The lowest BCUT2D eigenvalue weighted by molar-refractivity contribution is 0.131. The smallest absolute Gasteiger partial charge is 0.317 e. The van der Waals surface area contributed by atoms with Gasteiger partial charge in [0.05, 0.1) is 0 Å². The third-order valence-electron chi connectivity index (χ3n) is 3.28. The number of piperazine rings is 1. The van der Waals surface area contributed by atoms with Crippen molar-refractivity contribution >= 4 is 6.03 Å². The Morgan fingerprint density at radius 3 is 2.17 bits per heavy atom. The molecule has 0 aromatic rings. The van der Waals surface area contributed by atoms with E-state index in [1.54, 1.807) is 0 Å². The summed E-state index contributed by atoms with van der Waals surface area (Å²) in [6.45, 7) is 14.5. The topological polar surface area (TPSA) is 35.6 Å². The summed E-state index contributed by atoms with van der Waals surface area (Å²) in [5.41, 5.74) is 0. The molecule has 4 heteroatoms. The number of amides is 2. The molecular weight excluding hydrogens is 226 g/mol. The molecule has 0 spiro atoms. The third kappa shape index (κ3) is 5.71. The van der Waals surface area contributed by atoms with E-state index in [-0.39, 0.29) is 6.03 Å². The molecule has 1 aliphatic heterocycles. The van der Waals surface area contributed by atoms with Crippen LogP contribution in [0.4, 0.5) is 4.79 Å². The summed E-state index contributed by atoms with van der Waals surface area (Å²) in [7, 11) is 0. The standard InChI is InChI=1S/C14H29N3O/c1-12(2)5-6-15-14(18)17-9-7-16(8-10-17)11-13(3)4/h12-13H,5-11H2,1-4H3,(H,15,18). The first kappa shape index (κ1) is 15.3. The molecule has 0 unspecified atom stereocenters. The van der Waals surface area contributed by atoms with E-state index in [9.17, 15) is 4.79 Å². The maximum Gasteiger partial charge on any atom is 0.317 e. The minimum Gasteiger partial charge on any atom is -0.338 e. The average molecular weight is 255 g/mol. The van der Waals surface area contributed by atoms with Gasteiger partial charge in [0, 0.05) is 39.3 Å². The highest BCUT2D eigenvalue weighted by molar-refractivity contribution is 5.74. The number of hydrogen-bond donors (Lipinski definition) is 1. The van der Waals surface area contributed by atoms with Gasteiger partial charge in [0.25, 0.3) is 0 Å². The molecule has 0 aliphatic carbocycles. The van der Waals surface area contributed by atoms with Gasteiger partial charge >= 0.3 is 6.03 Å². The zero-order chi connectivity index (χ0) is 13.5. The van der Waals surface area contributed by atoms with E-state index in [0.717, 1.165) is 45.7 Å². The summed E-state index contributed by atoms with van der Waals surface area (Å²) in [5.74, 6) is 1.35. The van der Waals surface area contributed by atoms with Crippen LogP contribution in [0.3, 0.4) is 0 Å². The number of urea groups is 1. The number of carbonyl (C=O) groups is 1. The van der Waals surface area contributed by atoms with Crippen LogP contribution in [-0.4, -0.2) is 55.1 Å². The summed E-state index contributed by atoms with van der Waals surface area (Å²) in [6.07, 6.45) is 1.05. The van der Waals surface area contributed by atoms with Gasteiger partial charge in [-0.1, -0.05) is 27.7 Å². The fraction of sp³-hybridized carbons (Fsp3) is 0.929. The second-order valence-corrected chi connectivity index (χ2v) is 6.10. The van der Waals surface area contributed by atoms with Crippen molar-refractivity contribution in [3.8, 4) is 0 Å². The molecule has 1 saturated heterocycles. The largest absolute Gasteiger partial charge is 0.338 e. The van der Waals surface area contributed by atoms with E-state index >= 15 is 0 Å². The summed E-state index contributed by atoms with van der Waals surface area (Å²) in [4.78, 5) is 16.3. The van der Waals surface area contributed by atoms with Gasteiger partial charge in [-0.3, -0.25) is 4.90 Å². The van der Waals surface area contributed by atoms with E-state index in [2.05, 4.69) is 37.9 Å². The van der Waals surface area contributed by atoms with Crippen molar-refractivity contribution in [2.75, 3.05) is 39.3 Å². The summed E-state index contributed by atoms with van der Waals surface area (Å²) < 4.78 is 0. The van der Waals surface area contributed by atoms with Gasteiger partial charge < -0.3 is 10.2 Å². The molecule has 1 heterocycles. The highest BCUT2D eigenvalue weighted by Gasteiger charge is 2.20. The van der Waals surface area contributed by atoms with E-state index in [4.69, 9.17) is 0 Å². The van der Waals surface area contributed by atoms with Crippen LogP contribution >= 0.6 is 0 Å². The molecule has 0 radical (unpaired) electrons. The Morgan fingerprint density at radius 1 is 1.06 bits per heavy atom. The molecule has 4 nitrogen and oxygen atoms in total. The number of nitrogens with one attached hydrogen (secondary N) is 1. The van der Waals surface area contributed by atoms with Gasteiger partial charge in [-0.15, -0.1) is 0 Å². The van der Waals surface area contributed by atoms with Gasteiger partial charge in [0.15, 0.2) is 0 Å². The number of carbonyl (C=O) groups excluding carboxylic acids is 1. The molecule has 2 amide bonds. The van der Waals surface area contributed by atoms with Crippen LogP contribution in [-0.2, 0) is 0 Å². The lowest BCUT2D eigenvalue weighted by Gasteiger charge is -2.35. The molecule has 0 atom stereocenters. The van der Waals surface area contributed by atoms with Crippen molar-refractivity contribution in [1.82, 2.24) is 15.1 Å². The fourth-order valence-corrected chi connectivity index (χ4v) is 2.23. The molecule has 106 valence electrons. The zero-order valence-electron chi connectivity index (χ0n) is 12.4. The monoisotopic (exact) mass is 255 g/mol. The van der Waals surface area contributed by atoms with Crippen molar-refractivity contribution in [3.63, 3.8) is 0 Å². The zero-order valence-corrected chi connectivity index (χ0v) is 12.4. The molecular formula is C14H29N3O. The van der Waals surface area contributed by atoms with E-state index in [1.165, 1.54) is 0 Å². The Hall–Kier alpha value is -0.770. The predicted octanol–water partition coefficient (Wildman–Crippen LogP) is 2.02. The van der Waals surface area contributed by atoms with Crippen molar-refractivity contribution in [3.05, 3.63) is 0 Å². The number of rotatable bonds is 5. The normalized spacial score (nSPS) is 17.6. The second-order valence-electron chi connectivity index (χ2n) is 6.10. The molecule has 18 heavy (non-hydrogen) atoms. The fourth-order valence-electron chi connectivity index (χ4n) is 2.23. The molecule has 0 saturated carbocycles. The van der Waals surface area contributed by atoms with Crippen LogP contribution < -0.4 is 5.32 Å². The highest BCUT2D eigenvalue weighted by atomic mass is 16.2. The first-order chi connectivity index (χ1) is 8.49. The Balaban J connectivity index is 2.19. The van der Waals surface area contributed by atoms with Crippen molar-refractivity contribution in [2.24, 2.45) is 11.8 Å². The first-order valence-corrected chi connectivity index (χ1v) is 7.24. The lowest BCUT2D eigenvalue weighted by atomic mass is 10.1. The Bertz CT molecular complexity index is 245. The average Bonchev–Trinajstić information content (AvgIpc) is 2.28. The third-order valence-corrected chi connectivity index (χ3v) is 3.28. The highest BCUT2D eigenvalue weighted by Crippen LogP contribution is 2.05. The Labute approximate surface area is 112 Å². The molecule has 1 fully saturated rings. The van der Waals surface area contributed by atoms with E-state index in [1.807, 2.05) is 4.90 Å². The molecule has 1 rings (SSSR count). The van der Waals surface area contributed by atoms with Gasteiger partial charge in [-0.25, -0.2) is 4.79 Å². The number of nitrogens with zero attached hydrogens (tertiary/aromatic N) is 2. The maximum absolute atomic E-state index is 11.9. The molecule has 0 aromatic heterocycles. The first-order valence-electron chi connectivity index (χ1n) is 7.24. The van der Waals surface area contributed by atoms with Crippen molar-refractivity contribution < 1.29 is 4.79 Å². The summed E-state index contributed by atoms with van der Waals surface area (Å²) in [5, 5.41) is 3.01. The van der Waals surface area contributed by atoms with Gasteiger partial charge in [-0.2, -0.15) is 0 Å². The van der Waals surface area contributed by atoms with Crippen LogP contribution in [0.2, 0.25) is 0 Å². The minimum atomic E-state index is 0.111. The summed E-state index contributed by atoms with van der Waals surface area (Å²) >= 11 is 0. The van der Waals surface area contributed by atoms with Crippen LogP contribution in [0.1, 0.15) is 34.1 Å². The van der Waals surface area contributed by atoms with Crippen LogP contribution in [0.5, 0.6) is 0 Å². The van der Waals surface area contributed by atoms with Crippen LogP contribution in [0.15, 0.2) is 0 Å².